The SMILES string of the molecule is C=C(C)C(=O)OCCCc1ccc(-c2ccc(-c3cc(CCCOC(=O)C(=C)C)c(OCCC(CO)(CO)CCC(C)(C)C)c(CCCOC(=O)C(=C)C)c3)c(CC)c2)cc1. The molecule has 3 aromatic rings. The van der Waals surface area contributed by atoms with Crippen LogP contribution in [0.2, 0.25) is 0 Å². The van der Waals surface area contributed by atoms with Gasteiger partial charge in [0.25, 0.3) is 0 Å². The molecule has 2 N–H and O–H groups in total. The van der Waals surface area contributed by atoms with Gasteiger partial charge in [-0.1, -0.05) is 89.9 Å². The predicted octanol–water partition coefficient (Wildman–Crippen LogP) is 10.3. The summed E-state index contributed by atoms with van der Waals surface area (Å²) in [5.41, 5.74) is 8.96. The molecule has 3 aromatic carbocycles. The molecule has 0 saturated heterocycles. The lowest BCUT2D eigenvalue weighted by atomic mass is 9.76. The maximum Gasteiger partial charge on any atom is 0.333 e. The van der Waals surface area contributed by atoms with Crippen LogP contribution in [0.3, 0.4) is 0 Å². The molecule has 0 fully saturated rings. The Morgan fingerprint density at radius 3 is 1.48 bits per heavy atom. The van der Waals surface area contributed by atoms with Gasteiger partial charge in [-0.3, -0.25) is 0 Å². The molecular formula is C52H70O9. The molecule has 0 heterocycles. The van der Waals surface area contributed by atoms with Crippen molar-refractivity contribution in [3.8, 4) is 28.0 Å². The second-order valence-corrected chi connectivity index (χ2v) is 17.6. The highest BCUT2D eigenvalue weighted by Crippen LogP contribution is 2.38. The van der Waals surface area contributed by atoms with Gasteiger partial charge in [0.05, 0.1) is 39.6 Å². The molecule has 332 valence electrons. The summed E-state index contributed by atoms with van der Waals surface area (Å²) in [5, 5.41) is 21.0. The number of hydrogen-bond donors (Lipinski definition) is 2. The van der Waals surface area contributed by atoms with Crippen LogP contribution in [-0.4, -0.2) is 67.8 Å². The Kier molecular flexibility index (Phi) is 20.2. The topological polar surface area (TPSA) is 129 Å². The lowest BCUT2D eigenvalue weighted by Crippen LogP contribution is -2.33. The van der Waals surface area contributed by atoms with Crippen LogP contribution in [0, 0.1) is 10.8 Å². The van der Waals surface area contributed by atoms with Crippen molar-refractivity contribution in [1.29, 1.82) is 0 Å². The molecule has 0 unspecified atom stereocenters. The van der Waals surface area contributed by atoms with Gasteiger partial charge >= 0.3 is 17.9 Å². The lowest BCUT2D eigenvalue weighted by molar-refractivity contribution is -0.139. The summed E-state index contributed by atoms with van der Waals surface area (Å²) in [4.78, 5) is 36.2. The molecule has 61 heavy (non-hydrogen) atoms. The highest BCUT2D eigenvalue weighted by Gasteiger charge is 2.31. The van der Waals surface area contributed by atoms with Crippen LogP contribution in [0.25, 0.3) is 22.3 Å². The molecule has 0 aliphatic rings. The zero-order valence-corrected chi connectivity index (χ0v) is 37.9. The van der Waals surface area contributed by atoms with Crippen molar-refractivity contribution in [2.45, 2.75) is 113 Å². The Bertz CT molecular complexity index is 1910. The number of aliphatic hydroxyl groups is 2. The molecule has 0 spiro atoms. The summed E-state index contributed by atoms with van der Waals surface area (Å²) < 4.78 is 22.9. The fraction of sp³-hybridized carbons (Fsp3) is 0.481. The van der Waals surface area contributed by atoms with Gasteiger partial charge in [0.15, 0.2) is 0 Å². The van der Waals surface area contributed by atoms with Gasteiger partial charge < -0.3 is 29.2 Å². The number of benzene rings is 3. The molecule has 0 aliphatic carbocycles. The van der Waals surface area contributed by atoms with Gasteiger partial charge in [0, 0.05) is 22.1 Å². The van der Waals surface area contributed by atoms with Gasteiger partial charge in [-0.2, -0.15) is 0 Å². The van der Waals surface area contributed by atoms with Crippen LogP contribution in [-0.2, 0) is 54.3 Å². The molecule has 0 aliphatic heterocycles. The number of carbonyl (C=O) groups is 3. The Morgan fingerprint density at radius 1 is 0.574 bits per heavy atom. The number of esters is 3. The fourth-order valence-corrected chi connectivity index (χ4v) is 6.84. The Hall–Kier alpha value is -4.99. The Labute approximate surface area is 364 Å². The van der Waals surface area contributed by atoms with Gasteiger partial charge in [-0.05, 0) is 147 Å². The smallest absolute Gasteiger partial charge is 0.333 e. The third kappa shape index (κ3) is 16.4. The van der Waals surface area contributed by atoms with E-state index in [2.05, 4.69) is 102 Å². The van der Waals surface area contributed by atoms with Crippen molar-refractivity contribution in [1.82, 2.24) is 0 Å². The number of ether oxygens (including phenoxy) is 4. The summed E-state index contributed by atoms with van der Waals surface area (Å²) in [7, 11) is 0. The van der Waals surface area contributed by atoms with E-state index in [1.54, 1.807) is 20.8 Å². The number of carbonyl (C=O) groups excluding carboxylic acids is 3. The van der Waals surface area contributed by atoms with Crippen LogP contribution < -0.4 is 4.74 Å². The molecule has 0 aromatic heterocycles. The van der Waals surface area contributed by atoms with Gasteiger partial charge in [-0.25, -0.2) is 14.4 Å². The molecule has 0 radical (unpaired) electrons. The number of hydrogen-bond acceptors (Lipinski definition) is 9. The standard InChI is InChI=1S/C52H70O9/c1-11-40-31-42(41-20-18-39(19-21-41)15-12-27-59-48(55)36(2)3)22-23-46(40)45-32-43(16-13-28-60-49(56)37(4)5)47(44(33-45)17-14-29-61-50(57)38(6)7)58-30-26-52(34-53,35-54)25-24-51(8,9)10/h18-23,31-33,53-54H,2,4,6,11-17,24-30,34-35H2,1,3,5,7-10H3. The van der Waals surface area contributed by atoms with E-state index in [0.29, 0.717) is 67.6 Å². The summed E-state index contributed by atoms with van der Waals surface area (Å²) in [6.07, 6.45) is 6.47. The van der Waals surface area contributed by atoms with Gasteiger partial charge in [0.2, 0.25) is 0 Å². The quantitative estimate of drug-likeness (QED) is 0.0351. The van der Waals surface area contributed by atoms with Crippen LogP contribution in [0.5, 0.6) is 5.75 Å². The zero-order chi connectivity index (χ0) is 45.2. The number of aliphatic hydroxyl groups excluding tert-OH is 2. The monoisotopic (exact) mass is 839 g/mol. The van der Waals surface area contributed by atoms with E-state index in [0.717, 1.165) is 64.6 Å². The summed E-state index contributed by atoms with van der Waals surface area (Å²) >= 11 is 0. The molecular weight excluding hydrogens is 769 g/mol. The van der Waals surface area contributed by atoms with E-state index in [1.165, 1.54) is 5.56 Å². The van der Waals surface area contributed by atoms with Crippen molar-refractivity contribution < 1.29 is 43.5 Å². The predicted molar refractivity (Wildman–Crippen MR) is 244 cm³/mol. The van der Waals surface area contributed by atoms with E-state index in [9.17, 15) is 24.6 Å². The Balaban J connectivity index is 2.01. The summed E-state index contributed by atoms with van der Waals surface area (Å²) in [5.74, 6) is -0.514. The maximum absolute atomic E-state index is 12.2. The minimum atomic E-state index is -0.694. The normalized spacial score (nSPS) is 11.5. The fourth-order valence-electron chi connectivity index (χ4n) is 6.84. The zero-order valence-electron chi connectivity index (χ0n) is 37.9. The highest BCUT2D eigenvalue weighted by atomic mass is 16.5. The second-order valence-electron chi connectivity index (χ2n) is 17.6. The van der Waals surface area contributed by atoms with Crippen molar-refractivity contribution >= 4 is 17.9 Å². The molecule has 9 heteroatoms. The minimum Gasteiger partial charge on any atom is -0.493 e. The third-order valence-electron chi connectivity index (χ3n) is 10.8. The van der Waals surface area contributed by atoms with Crippen LogP contribution in [0.4, 0.5) is 0 Å². The third-order valence-corrected chi connectivity index (χ3v) is 10.8. The van der Waals surface area contributed by atoms with Crippen molar-refractivity contribution in [3.05, 3.63) is 113 Å². The molecule has 9 nitrogen and oxygen atoms in total. The van der Waals surface area contributed by atoms with E-state index < -0.39 is 17.4 Å². The first kappa shape index (κ1) is 50.4. The van der Waals surface area contributed by atoms with Crippen molar-refractivity contribution in [3.63, 3.8) is 0 Å². The molecule has 0 amide bonds. The minimum absolute atomic E-state index is 0.0406. The number of aryl methyl sites for hydroxylation is 4. The van der Waals surface area contributed by atoms with Crippen LogP contribution in [0.15, 0.2) is 91.1 Å². The highest BCUT2D eigenvalue weighted by molar-refractivity contribution is 5.87. The molecule has 0 atom stereocenters. The van der Waals surface area contributed by atoms with E-state index in [4.69, 9.17) is 18.9 Å². The first-order chi connectivity index (χ1) is 28.9. The lowest BCUT2D eigenvalue weighted by Gasteiger charge is -2.33. The van der Waals surface area contributed by atoms with Crippen LogP contribution >= 0.6 is 0 Å². The first-order valence-corrected chi connectivity index (χ1v) is 21.6. The van der Waals surface area contributed by atoms with E-state index >= 15 is 0 Å². The molecule has 0 saturated carbocycles. The average molecular weight is 839 g/mol. The van der Waals surface area contributed by atoms with E-state index in [1.807, 2.05) is 0 Å². The van der Waals surface area contributed by atoms with Crippen LogP contribution in [0.1, 0.15) is 109 Å². The largest absolute Gasteiger partial charge is 0.493 e. The Morgan fingerprint density at radius 2 is 1.03 bits per heavy atom. The van der Waals surface area contributed by atoms with Crippen molar-refractivity contribution in [2.24, 2.45) is 10.8 Å². The average Bonchev–Trinajstić information content (AvgIpc) is 3.23. The van der Waals surface area contributed by atoms with Gasteiger partial charge in [-0.15, -0.1) is 0 Å². The van der Waals surface area contributed by atoms with Crippen molar-refractivity contribution in [2.75, 3.05) is 39.6 Å². The summed E-state index contributed by atoms with van der Waals surface area (Å²) in [6.45, 7) is 25.2. The molecule has 3 rings (SSSR count). The van der Waals surface area contributed by atoms with E-state index in [-0.39, 0.29) is 44.4 Å². The first-order valence-electron chi connectivity index (χ1n) is 21.6. The van der Waals surface area contributed by atoms with Gasteiger partial charge in [0.1, 0.15) is 5.75 Å². The summed E-state index contributed by atoms with van der Waals surface area (Å²) in [6, 6.07) is 19.3. The second kappa shape index (κ2) is 24.5. The number of rotatable bonds is 26. The molecule has 0 bridgehead atoms. The maximum atomic E-state index is 12.2.